The van der Waals surface area contributed by atoms with E-state index in [1.54, 1.807) is 6.08 Å². The average molecular weight is 1080 g/mol. The number of hydrogen-bond acceptors (Lipinski definition) is 13. The van der Waals surface area contributed by atoms with Crippen molar-refractivity contribution in [2.24, 2.45) is 0 Å². The molecule has 0 aromatic heterocycles. The molecule has 2 saturated heterocycles. The van der Waals surface area contributed by atoms with Crippen molar-refractivity contribution in [1.29, 1.82) is 0 Å². The molecule has 12 unspecified atom stereocenters. The SMILES string of the molecule is CCCCCCC/C=C\C/C=C\CCCCCCCCCCCC(=O)NC(COC1OC(CO)C(OC2OC(CO)C(O)C(O)C2O)C(O)C1O)C(O)/C=C/CC/C=C/CC/C=C/CCCCCCCCCCCCC. The number of carbonyl (C=O) groups excluding carboxylic acids is 1. The number of amides is 1. The second-order valence-corrected chi connectivity index (χ2v) is 21.5. The molecule has 0 aromatic carbocycles. The molecule has 0 bridgehead atoms. The summed E-state index contributed by atoms with van der Waals surface area (Å²) < 4.78 is 22.8. The monoisotopic (exact) mass is 1080 g/mol. The van der Waals surface area contributed by atoms with E-state index < -0.39 is 86.8 Å². The lowest BCUT2D eigenvalue weighted by molar-refractivity contribution is -0.359. The van der Waals surface area contributed by atoms with Crippen LogP contribution in [0.3, 0.4) is 0 Å². The average Bonchev–Trinajstić information content (AvgIpc) is 3.42. The van der Waals surface area contributed by atoms with Gasteiger partial charge in [0.05, 0.1) is 32.0 Å². The highest BCUT2D eigenvalue weighted by molar-refractivity contribution is 5.76. The third-order valence-electron chi connectivity index (χ3n) is 14.7. The maximum atomic E-state index is 13.3. The number of allylic oxidation sites excluding steroid dienone is 9. The number of ether oxygens (including phenoxy) is 4. The highest BCUT2D eigenvalue weighted by atomic mass is 16.7. The Morgan fingerprint density at radius 3 is 1.37 bits per heavy atom. The standard InChI is InChI=1S/C62H111NO13/c1-3-5-7-9-11-13-15-17-19-21-23-25-27-29-31-33-35-37-39-41-43-45-51(66)50(49-73-61-59(72)57(70)60(53(48-65)75-61)76-62-58(71)56(69)55(68)52(47-64)74-62)63-54(67)46-44-42-40-38-36-34-32-30-28-26-24-22-20-18-16-14-12-10-8-6-4-2/h16,18,22,24,27,29,35,37,43,45,50-53,55-62,64-66,68-72H,3-15,17,19-21,23,25-26,28,30-34,36,38-42,44,46-49H2,1-2H3,(H,63,67)/b18-16-,24-22-,29-27+,37-35+,45-43+. The molecule has 0 saturated carbocycles. The van der Waals surface area contributed by atoms with Gasteiger partial charge in [-0.15, -0.1) is 0 Å². The van der Waals surface area contributed by atoms with Crippen molar-refractivity contribution in [2.75, 3.05) is 19.8 Å². The van der Waals surface area contributed by atoms with Crippen molar-refractivity contribution in [3.63, 3.8) is 0 Å². The molecule has 14 heteroatoms. The molecule has 0 aliphatic carbocycles. The van der Waals surface area contributed by atoms with E-state index in [9.17, 15) is 45.6 Å². The summed E-state index contributed by atoms with van der Waals surface area (Å²) in [5, 5.41) is 87.1. The molecule has 9 N–H and O–H groups in total. The predicted molar refractivity (Wildman–Crippen MR) is 304 cm³/mol. The van der Waals surface area contributed by atoms with E-state index in [0.29, 0.717) is 12.8 Å². The molecule has 442 valence electrons. The number of hydrogen-bond donors (Lipinski definition) is 9. The first kappa shape index (κ1) is 69.8. The van der Waals surface area contributed by atoms with Gasteiger partial charge in [-0.1, -0.05) is 209 Å². The van der Waals surface area contributed by atoms with Gasteiger partial charge >= 0.3 is 0 Å². The summed E-state index contributed by atoms with van der Waals surface area (Å²) in [6.07, 6.45) is 44.0. The Morgan fingerprint density at radius 1 is 0.474 bits per heavy atom. The van der Waals surface area contributed by atoms with Crippen molar-refractivity contribution >= 4 is 5.91 Å². The molecule has 2 heterocycles. The maximum absolute atomic E-state index is 13.3. The minimum atomic E-state index is -1.79. The summed E-state index contributed by atoms with van der Waals surface area (Å²) in [6.45, 7) is 2.77. The molecular weight excluding hydrogens is 967 g/mol. The molecule has 2 aliphatic rings. The van der Waals surface area contributed by atoms with E-state index in [4.69, 9.17) is 18.9 Å². The van der Waals surface area contributed by atoms with Gasteiger partial charge in [-0.25, -0.2) is 0 Å². The third-order valence-corrected chi connectivity index (χ3v) is 14.7. The van der Waals surface area contributed by atoms with E-state index in [2.05, 4.69) is 67.8 Å². The first-order chi connectivity index (χ1) is 37.1. The van der Waals surface area contributed by atoms with Gasteiger partial charge < -0.3 is 65.1 Å². The Hall–Kier alpha value is -2.31. The van der Waals surface area contributed by atoms with Crippen molar-refractivity contribution < 1.29 is 64.6 Å². The van der Waals surface area contributed by atoms with Gasteiger partial charge in [0, 0.05) is 6.42 Å². The minimum Gasteiger partial charge on any atom is -0.394 e. The van der Waals surface area contributed by atoms with Gasteiger partial charge in [-0.05, 0) is 77.0 Å². The molecule has 2 fully saturated rings. The molecule has 2 rings (SSSR count). The first-order valence-electron chi connectivity index (χ1n) is 30.5. The van der Waals surface area contributed by atoms with Crippen LogP contribution in [-0.4, -0.2) is 140 Å². The topological polar surface area (TPSA) is 228 Å². The molecule has 14 nitrogen and oxygen atoms in total. The third kappa shape index (κ3) is 32.7. The van der Waals surface area contributed by atoms with Gasteiger partial charge in [-0.3, -0.25) is 4.79 Å². The van der Waals surface area contributed by atoms with Crippen molar-refractivity contribution in [3.8, 4) is 0 Å². The van der Waals surface area contributed by atoms with Crippen LogP contribution < -0.4 is 5.32 Å². The van der Waals surface area contributed by atoms with Crippen LogP contribution in [0.4, 0.5) is 0 Å². The molecule has 76 heavy (non-hydrogen) atoms. The fraction of sp³-hybridized carbons (Fsp3) is 0.823. The normalized spacial score (nSPS) is 25.3. The fourth-order valence-corrected chi connectivity index (χ4v) is 9.71. The van der Waals surface area contributed by atoms with Crippen LogP contribution in [0.1, 0.15) is 232 Å². The van der Waals surface area contributed by atoms with E-state index >= 15 is 0 Å². The number of rotatable bonds is 48. The van der Waals surface area contributed by atoms with Crippen LogP contribution in [-0.2, 0) is 23.7 Å². The lowest BCUT2D eigenvalue weighted by atomic mass is 9.97. The van der Waals surface area contributed by atoms with Gasteiger partial charge in [0.1, 0.15) is 48.8 Å². The molecule has 0 spiro atoms. The molecule has 0 radical (unpaired) electrons. The Bertz CT molecular complexity index is 1510. The Balaban J connectivity index is 1.79. The van der Waals surface area contributed by atoms with Crippen LogP contribution in [0.5, 0.6) is 0 Å². The van der Waals surface area contributed by atoms with Gasteiger partial charge in [0.2, 0.25) is 5.91 Å². The zero-order valence-corrected chi connectivity index (χ0v) is 47.5. The quantitative estimate of drug-likeness (QED) is 0.0204. The molecule has 0 aromatic rings. The van der Waals surface area contributed by atoms with Crippen LogP contribution in [0.25, 0.3) is 0 Å². The van der Waals surface area contributed by atoms with Crippen molar-refractivity contribution in [3.05, 3.63) is 60.8 Å². The van der Waals surface area contributed by atoms with E-state index in [1.165, 1.54) is 141 Å². The Labute approximate surface area is 460 Å². The second kappa shape index (κ2) is 47.5. The number of carbonyl (C=O) groups is 1. The van der Waals surface area contributed by atoms with Crippen molar-refractivity contribution in [1.82, 2.24) is 5.32 Å². The molecular formula is C62H111NO13. The number of unbranched alkanes of at least 4 members (excludes halogenated alkanes) is 27. The highest BCUT2D eigenvalue weighted by Gasteiger charge is 2.51. The summed E-state index contributed by atoms with van der Waals surface area (Å²) in [6, 6.07) is -0.943. The van der Waals surface area contributed by atoms with Gasteiger partial charge in [0.25, 0.3) is 0 Å². The van der Waals surface area contributed by atoms with Crippen LogP contribution >= 0.6 is 0 Å². The smallest absolute Gasteiger partial charge is 0.220 e. The summed E-state index contributed by atoms with van der Waals surface area (Å²) in [5.74, 6) is -0.258. The number of aliphatic hydroxyl groups excluding tert-OH is 8. The molecule has 12 atom stereocenters. The van der Waals surface area contributed by atoms with Crippen LogP contribution in [0, 0.1) is 0 Å². The second-order valence-electron chi connectivity index (χ2n) is 21.5. The Kier molecular flexibility index (Phi) is 43.6. The summed E-state index contributed by atoms with van der Waals surface area (Å²) in [7, 11) is 0. The van der Waals surface area contributed by atoms with Crippen LogP contribution in [0.15, 0.2) is 60.8 Å². The van der Waals surface area contributed by atoms with Crippen LogP contribution in [0.2, 0.25) is 0 Å². The number of aliphatic hydroxyl groups is 8. The molecule has 2 aliphatic heterocycles. The minimum absolute atomic E-state index is 0.258. The largest absolute Gasteiger partial charge is 0.394 e. The lowest BCUT2D eigenvalue weighted by Crippen LogP contribution is -2.65. The lowest BCUT2D eigenvalue weighted by Gasteiger charge is -2.46. The Morgan fingerprint density at radius 2 is 0.882 bits per heavy atom. The zero-order valence-electron chi connectivity index (χ0n) is 47.5. The summed E-state index contributed by atoms with van der Waals surface area (Å²) in [4.78, 5) is 13.3. The van der Waals surface area contributed by atoms with E-state index in [-0.39, 0.29) is 18.9 Å². The molecule has 1 amide bonds. The maximum Gasteiger partial charge on any atom is 0.220 e. The number of nitrogens with one attached hydrogen (secondary N) is 1. The summed E-state index contributed by atoms with van der Waals surface area (Å²) in [5.41, 5.74) is 0. The first-order valence-corrected chi connectivity index (χ1v) is 30.5. The van der Waals surface area contributed by atoms with E-state index in [1.807, 2.05) is 6.08 Å². The summed E-state index contributed by atoms with van der Waals surface area (Å²) >= 11 is 0. The fourth-order valence-electron chi connectivity index (χ4n) is 9.71. The zero-order chi connectivity index (χ0) is 55.3. The van der Waals surface area contributed by atoms with E-state index in [0.717, 1.165) is 57.8 Å². The predicted octanol–water partition coefficient (Wildman–Crippen LogP) is 10.6. The van der Waals surface area contributed by atoms with Crippen molar-refractivity contribution in [2.45, 2.75) is 306 Å². The highest BCUT2D eigenvalue weighted by Crippen LogP contribution is 2.30. The van der Waals surface area contributed by atoms with Gasteiger partial charge in [0.15, 0.2) is 12.6 Å². The van der Waals surface area contributed by atoms with Gasteiger partial charge in [-0.2, -0.15) is 0 Å².